The summed E-state index contributed by atoms with van der Waals surface area (Å²) in [6, 6.07) is 3.11. The zero-order valence-corrected chi connectivity index (χ0v) is 8.75. The third kappa shape index (κ3) is 1.91. The lowest BCUT2D eigenvalue weighted by molar-refractivity contribution is 0.333. The Morgan fingerprint density at radius 2 is 2.24 bits per heavy atom. The van der Waals surface area contributed by atoms with Crippen molar-refractivity contribution in [1.82, 2.24) is 14.8 Å². The smallest absolute Gasteiger partial charge is 0.137 e. The van der Waals surface area contributed by atoms with Gasteiger partial charge in [-0.15, -0.1) is 0 Å². The van der Waals surface area contributed by atoms with Gasteiger partial charge in [-0.2, -0.15) is 5.10 Å². The second kappa shape index (κ2) is 3.89. The molecule has 0 N–H and O–H groups in total. The first kappa shape index (κ1) is 10.3. The molecule has 0 aliphatic carbocycles. The first-order chi connectivity index (χ1) is 8.25. The fourth-order valence-electron chi connectivity index (χ4n) is 1.85. The molecule has 2 heterocycles. The molecule has 2 aromatic rings. The van der Waals surface area contributed by atoms with Crippen LogP contribution in [0.5, 0.6) is 0 Å². The van der Waals surface area contributed by atoms with Crippen LogP contribution in [-0.4, -0.2) is 27.5 Å². The summed E-state index contributed by atoms with van der Waals surface area (Å²) in [5.41, 5.74) is 0.361. The fourth-order valence-corrected chi connectivity index (χ4v) is 1.85. The van der Waals surface area contributed by atoms with Crippen LogP contribution in [0.15, 0.2) is 30.9 Å². The highest BCUT2D eigenvalue weighted by Crippen LogP contribution is 2.32. The molecule has 4 nitrogen and oxygen atoms in total. The topological polar surface area (TPSA) is 43.2 Å². The Kier molecular flexibility index (Phi) is 2.36. The molecule has 2 atom stereocenters. The van der Waals surface area contributed by atoms with Crippen molar-refractivity contribution in [2.24, 2.45) is 0 Å². The predicted octanol–water partition coefficient (Wildman–Crippen LogP) is 1.54. The lowest BCUT2D eigenvalue weighted by Crippen LogP contribution is -2.18. The summed E-state index contributed by atoms with van der Waals surface area (Å²) in [6.45, 7) is 0.543. The van der Waals surface area contributed by atoms with E-state index in [4.69, 9.17) is 4.74 Å². The molecule has 88 valence electrons. The molecule has 3 rings (SSSR count). The minimum absolute atomic E-state index is 0.128. The quantitative estimate of drug-likeness (QED) is 0.760. The molecule has 0 amide bonds. The Hall–Kier alpha value is -1.82. The van der Waals surface area contributed by atoms with Crippen molar-refractivity contribution in [1.29, 1.82) is 0 Å². The van der Waals surface area contributed by atoms with E-state index in [-0.39, 0.29) is 6.10 Å². The molecule has 2 unspecified atom stereocenters. The molecule has 17 heavy (non-hydrogen) atoms. The predicted molar refractivity (Wildman–Crippen MR) is 54.3 cm³/mol. The van der Waals surface area contributed by atoms with Crippen molar-refractivity contribution < 1.29 is 13.5 Å². The molecule has 0 saturated carbocycles. The molecule has 1 aromatic carbocycles. The molecule has 1 aliphatic heterocycles. The molecule has 1 fully saturated rings. The van der Waals surface area contributed by atoms with E-state index in [1.807, 2.05) is 0 Å². The second-order valence-corrected chi connectivity index (χ2v) is 3.86. The fraction of sp³-hybridized carbons (Fsp3) is 0.273. The van der Waals surface area contributed by atoms with Gasteiger partial charge in [0.2, 0.25) is 0 Å². The van der Waals surface area contributed by atoms with Gasteiger partial charge in [0.25, 0.3) is 0 Å². The van der Waals surface area contributed by atoms with E-state index in [9.17, 15) is 8.78 Å². The molecular weight excluding hydrogens is 228 g/mol. The maximum atomic E-state index is 13.7. The van der Waals surface area contributed by atoms with Gasteiger partial charge in [-0.3, -0.25) is 0 Å². The van der Waals surface area contributed by atoms with Crippen molar-refractivity contribution in [3.8, 4) is 0 Å². The summed E-state index contributed by atoms with van der Waals surface area (Å²) < 4.78 is 33.3. The lowest BCUT2D eigenvalue weighted by atomic mass is 10.0. The third-order valence-corrected chi connectivity index (χ3v) is 2.71. The van der Waals surface area contributed by atoms with Crippen LogP contribution in [0.2, 0.25) is 0 Å². The van der Waals surface area contributed by atoms with Gasteiger partial charge in [0.1, 0.15) is 36.4 Å². The van der Waals surface area contributed by atoms with Crippen LogP contribution in [0.1, 0.15) is 11.6 Å². The van der Waals surface area contributed by atoms with Crippen LogP contribution in [0, 0.1) is 11.6 Å². The maximum absolute atomic E-state index is 13.7. The van der Waals surface area contributed by atoms with Gasteiger partial charge < -0.3 is 4.74 Å². The van der Waals surface area contributed by atoms with Crippen molar-refractivity contribution >= 4 is 0 Å². The Morgan fingerprint density at radius 1 is 1.41 bits per heavy atom. The van der Waals surface area contributed by atoms with Gasteiger partial charge in [0.05, 0.1) is 6.61 Å². The van der Waals surface area contributed by atoms with Gasteiger partial charge >= 0.3 is 0 Å². The number of rotatable bonds is 3. The van der Waals surface area contributed by atoms with E-state index in [0.29, 0.717) is 12.2 Å². The van der Waals surface area contributed by atoms with Crippen molar-refractivity contribution in [3.63, 3.8) is 0 Å². The molecule has 0 bridgehead atoms. The van der Waals surface area contributed by atoms with Gasteiger partial charge in [0, 0.05) is 11.6 Å². The standard InChI is InChI=1S/C11H9F2N3O/c12-7-1-2-8(9(13)3-7)11(10-4-17-10)16-6-14-5-15-16/h1-3,5-6,10-11H,4H2. The van der Waals surface area contributed by atoms with Gasteiger partial charge in [-0.1, -0.05) is 6.07 Å². The van der Waals surface area contributed by atoms with Crippen molar-refractivity contribution in [2.75, 3.05) is 6.61 Å². The summed E-state index contributed by atoms with van der Waals surface area (Å²) >= 11 is 0. The molecule has 1 aliphatic rings. The Bertz CT molecular complexity index is 526. The molecular formula is C11H9F2N3O. The normalized spacial score (nSPS) is 20.2. The van der Waals surface area contributed by atoms with Crippen LogP contribution in [-0.2, 0) is 4.74 Å². The maximum Gasteiger partial charge on any atom is 0.137 e. The summed E-state index contributed by atoms with van der Waals surface area (Å²) in [7, 11) is 0. The number of epoxide rings is 1. The van der Waals surface area contributed by atoms with Crippen molar-refractivity contribution in [3.05, 3.63) is 48.1 Å². The Morgan fingerprint density at radius 3 is 2.82 bits per heavy atom. The van der Waals surface area contributed by atoms with E-state index in [1.165, 1.54) is 29.5 Å². The van der Waals surface area contributed by atoms with E-state index in [1.54, 1.807) is 0 Å². The number of ether oxygens (including phenoxy) is 1. The largest absolute Gasteiger partial charge is 0.370 e. The third-order valence-electron chi connectivity index (χ3n) is 2.71. The molecule has 6 heteroatoms. The zero-order valence-electron chi connectivity index (χ0n) is 8.75. The first-order valence-electron chi connectivity index (χ1n) is 5.16. The van der Waals surface area contributed by atoms with E-state index < -0.39 is 17.7 Å². The first-order valence-corrected chi connectivity index (χ1v) is 5.16. The minimum Gasteiger partial charge on any atom is -0.370 e. The number of hydrogen-bond acceptors (Lipinski definition) is 3. The highest BCUT2D eigenvalue weighted by Gasteiger charge is 2.37. The highest BCUT2D eigenvalue weighted by molar-refractivity contribution is 5.24. The SMILES string of the molecule is Fc1ccc(C(C2CO2)n2cncn2)c(F)c1. The average Bonchev–Trinajstić information content (AvgIpc) is 2.97. The number of hydrogen-bond donors (Lipinski definition) is 0. The van der Waals surface area contributed by atoms with Crippen LogP contribution in [0.3, 0.4) is 0 Å². The van der Waals surface area contributed by atoms with Crippen LogP contribution >= 0.6 is 0 Å². The monoisotopic (exact) mass is 237 g/mol. The number of benzene rings is 1. The van der Waals surface area contributed by atoms with Gasteiger partial charge in [-0.25, -0.2) is 18.4 Å². The summed E-state index contributed by atoms with van der Waals surface area (Å²) in [4.78, 5) is 3.83. The second-order valence-electron chi connectivity index (χ2n) is 3.86. The molecule has 1 aromatic heterocycles. The van der Waals surface area contributed by atoms with E-state index >= 15 is 0 Å². The molecule has 0 spiro atoms. The van der Waals surface area contributed by atoms with Crippen LogP contribution in [0.25, 0.3) is 0 Å². The Labute approximate surface area is 95.8 Å². The summed E-state index contributed by atoms with van der Waals surface area (Å²) in [5.74, 6) is -1.19. The van der Waals surface area contributed by atoms with Crippen molar-refractivity contribution in [2.45, 2.75) is 12.1 Å². The van der Waals surface area contributed by atoms with Gasteiger partial charge in [-0.05, 0) is 6.07 Å². The minimum atomic E-state index is -0.597. The van der Waals surface area contributed by atoms with Gasteiger partial charge in [0.15, 0.2) is 0 Å². The zero-order chi connectivity index (χ0) is 11.8. The summed E-state index contributed by atoms with van der Waals surface area (Å²) in [6.07, 6.45) is 2.74. The van der Waals surface area contributed by atoms with E-state index in [0.717, 1.165) is 6.07 Å². The van der Waals surface area contributed by atoms with E-state index in [2.05, 4.69) is 10.1 Å². The highest BCUT2D eigenvalue weighted by atomic mass is 19.1. The summed E-state index contributed by atoms with van der Waals surface area (Å²) in [5, 5.41) is 3.98. The van der Waals surface area contributed by atoms with Crippen LogP contribution in [0.4, 0.5) is 8.78 Å². The molecule has 1 saturated heterocycles. The average molecular weight is 237 g/mol. The number of halogens is 2. The molecule has 0 radical (unpaired) electrons. The lowest BCUT2D eigenvalue weighted by Gasteiger charge is -2.15. The number of nitrogens with zero attached hydrogens (tertiary/aromatic N) is 3. The van der Waals surface area contributed by atoms with Crippen LogP contribution < -0.4 is 0 Å². The number of aromatic nitrogens is 3. The Balaban J connectivity index is 2.04.